The minimum atomic E-state index is 0.294. The average molecular weight is 234 g/mol. The molecule has 2 rings (SSSR count). The third-order valence-electron chi connectivity index (χ3n) is 3.52. The van der Waals surface area contributed by atoms with Gasteiger partial charge in [-0.3, -0.25) is 9.88 Å². The number of aliphatic hydroxyl groups is 1. The molecule has 0 spiro atoms. The fraction of sp³-hybridized carbons (Fsp3) is 0.643. The molecule has 1 aliphatic heterocycles. The van der Waals surface area contributed by atoms with E-state index < -0.39 is 0 Å². The molecular formula is C14H22N2O. The summed E-state index contributed by atoms with van der Waals surface area (Å²) in [7, 11) is 0. The molecule has 1 N–H and O–H groups in total. The van der Waals surface area contributed by atoms with Crippen LogP contribution in [-0.2, 0) is 6.54 Å². The third-order valence-corrected chi connectivity index (χ3v) is 3.52. The Kier molecular flexibility index (Phi) is 4.51. The number of nitrogens with zero attached hydrogens (tertiary/aromatic N) is 2. The standard InChI is InChI=1S/C14H22N2O/c1-12-5-4-6-13(15-12)11-16-9-3-2-7-14(16)8-10-17/h4-6,14,17H,2-3,7-11H2,1H3. The molecule has 1 aromatic rings. The van der Waals surface area contributed by atoms with E-state index in [0.717, 1.165) is 30.9 Å². The van der Waals surface area contributed by atoms with Crippen molar-refractivity contribution in [3.8, 4) is 0 Å². The lowest BCUT2D eigenvalue weighted by atomic mass is 9.99. The fourth-order valence-electron chi connectivity index (χ4n) is 2.64. The second kappa shape index (κ2) is 6.12. The Morgan fingerprint density at radius 1 is 1.41 bits per heavy atom. The molecule has 1 fully saturated rings. The minimum absolute atomic E-state index is 0.294. The molecule has 0 saturated carbocycles. The first-order valence-electron chi connectivity index (χ1n) is 6.57. The quantitative estimate of drug-likeness (QED) is 0.867. The van der Waals surface area contributed by atoms with Crippen LogP contribution < -0.4 is 0 Å². The van der Waals surface area contributed by atoms with Crippen molar-refractivity contribution < 1.29 is 5.11 Å². The van der Waals surface area contributed by atoms with Gasteiger partial charge in [0.15, 0.2) is 0 Å². The summed E-state index contributed by atoms with van der Waals surface area (Å²) >= 11 is 0. The normalized spacial score (nSPS) is 21.6. The zero-order valence-electron chi connectivity index (χ0n) is 10.6. The highest BCUT2D eigenvalue weighted by Gasteiger charge is 2.21. The van der Waals surface area contributed by atoms with Crippen LogP contribution >= 0.6 is 0 Å². The van der Waals surface area contributed by atoms with Crippen LogP contribution in [0.5, 0.6) is 0 Å². The summed E-state index contributed by atoms with van der Waals surface area (Å²) in [6, 6.07) is 6.74. The second-order valence-corrected chi connectivity index (χ2v) is 4.90. The van der Waals surface area contributed by atoms with E-state index in [1.165, 1.54) is 19.3 Å². The molecular weight excluding hydrogens is 212 g/mol. The van der Waals surface area contributed by atoms with Crippen LogP contribution in [0.3, 0.4) is 0 Å². The predicted octanol–water partition coefficient (Wildman–Crippen LogP) is 2.13. The average Bonchev–Trinajstić information content (AvgIpc) is 2.32. The number of rotatable bonds is 4. The molecule has 0 radical (unpaired) electrons. The van der Waals surface area contributed by atoms with Crippen molar-refractivity contribution in [3.05, 3.63) is 29.6 Å². The van der Waals surface area contributed by atoms with E-state index in [1.807, 2.05) is 13.0 Å². The van der Waals surface area contributed by atoms with Gasteiger partial charge in [0.25, 0.3) is 0 Å². The van der Waals surface area contributed by atoms with Crippen molar-refractivity contribution in [2.75, 3.05) is 13.2 Å². The Hall–Kier alpha value is -0.930. The van der Waals surface area contributed by atoms with Crippen molar-refractivity contribution >= 4 is 0 Å². The van der Waals surface area contributed by atoms with Crippen LogP contribution in [0.1, 0.15) is 37.1 Å². The van der Waals surface area contributed by atoms with Crippen LogP contribution in [0.15, 0.2) is 18.2 Å². The zero-order valence-corrected chi connectivity index (χ0v) is 10.6. The molecule has 0 aromatic carbocycles. The van der Waals surface area contributed by atoms with Crippen molar-refractivity contribution in [2.45, 2.75) is 45.2 Å². The van der Waals surface area contributed by atoms with E-state index in [1.54, 1.807) is 0 Å². The van der Waals surface area contributed by atoms with Gasteiger partial charge in [0, 0.05) is 24.9 Å². The third kappa shape index (κ3) is 3.51. The smallest absolute Gasteiger partial charge is 0.0547 e. The summed E-state index contributed by atoms with van der Waals surface area (Å²) in [5.74, 6) is 0. The number of hydrogen-bond donors (Lipinski definition) is 1. The van der Waals surface area contributed by atoms with Gasteiger partial charge in [-0.15, -0.1) is 0 Å². The summed E-state index contributed by atoms with van der Waals surface area (Å²) in [6.45, 7) is 4.39. The lowest BCUT2D eigenvalue weighted by molar-refractivity contribution is 0.111. The Balaban J connectivity index is 2.00. The van der Waals surface area contributed by atoms with E-state index in [0.29, 0.717) is 12.6 Å². The van der Waals surface area contributed by atoms with E-state index in [9.17, 15) is 0 Å². The van der Waals surface area contributed by atoms with Gasteiger partial charge >= 0.3 is 0 Å². The molecule has 1 unspecified atom stereocenters. The van der Waals surface area contributed by atoms with Crippen molar-refractivity contribution in [1.29, 1.82) is 0 Å². The highest BCUT2D eigenvalue weighted by molar-refractivity contribution is 5.10. The van der Waals surface area contributed by atoms with Crippen LogP contribution in [0.25, 0.3) is 0 Å². The highest BCUT2D eigenvalue weighted by Crippen LogP contribution is 2.21. The van der Waals surface area contributed by atoms with Crippen LogP contribution in [-0.4, -0.2) is 34.2 Å². The van der Waals surface area contributed by atoms with Gasteiger partial charge in [-0.25, -0.2) is 0 Å². The lowest BCUT2D eigenvalue weighted by Crippen LogP contribution is -2.39. The number of likely N-dealkylation sites (tertiary alicyclic amines) is 1. The Morgan fingerprint density at radius 2 is 2.29 bits per heavy atom. The SMILES string of the molecule is Cc1cccc(CN2CCCCC2CCO)n1. The number of aryl methyl sites for hydroxylation is 1. The van der Waals surface area contributed by atoms with E-state index >= 15 is 0 Å². The number of pyridine rings is 1. The number of hydrogen-bond acceptors (Lipinski definition) is 3. The molecule has 17 heavy (non-hydrogen) atoms. The number of aromatic nitrogens is 1. The topological polar surface area (TPSA) is 36.4 Å². The first-order valence-corrected chi connectivity index (χ1v) is 6.57. The van der Waals surface area contributed by atoms with E-state index in [-0.39, 0.29) is 0 Å². The molecule has 1 aliphatic rings. The van der Waals surface area contributed by atoms with Gasteiger partial charge in [-0.05, 0) is 44.9 Å². The van der Waals surface area contributed by atoms with Crippen molar-refractivity contribution in [3.63, 3.8) is 0 Å². The summed E-state index contributed by atoms with van der Waals surface area (Å²) in [5, 5.41) is 9.10. The first kappa shape index (κ1) is 12.5. The van der Waals surface area contributed by atoms with E-state index in [4.69, 9.17) is 5.11 Å². The molecule has 3 nitrogen and oxygen atoms in total. The van der Waals surface area contributed by atoms with Gasteiger partial charge < -0.3 is 5.11 Å². The molecule has 1 saturated heterocycles. The maximum Gasteiger partial charge on any atom is 0.0547 e. The number of piperidine rings is 1. The molecule has 0 aliphatic carbocycles. The summed E-state index contributed by atoms with van der Waals surface area (Å²) in [5.41, 5.74) is 2.23. The second-order valence-electron chi connectivity index (χ2n) is 4.90. The highest BCUT2D eigenvalue weighted by atomic mass is 16.3. The van der Waals surface area contributed by atoms with Crippen LogP contribution in [0, 0.1) is 6.92 Å². The zero-order chi connectivity index (χ0) is 12.1. The first-order chi connectivity index (χ1) is 8.29. The summed E-state index contributed by atoms with van der Waals surface area (Å²) in [6.07, 6.45) is 4.67. The maximum atomic E-state index is 9.10. The predicted molar refractivity (Wildman–Crippen MR) is 68.7 cm³/mol. The molecule has 2 heterocycles. The summed E-state index contributed by atoms with van der Waals surface area (Å²) < 4.78 is 0. The maximum absolute atomic E-state index is 9.10. The minimum Gasteiger partial charge on any atom is -0.396 e. The number of aliphatic hydroxyl groups excluding tert-OH is 1. The molecule has 3 heteroatoms. The van der Waals surface area contributed by atoms with Gasteiger partial charge in [-0.1, -0.05) is 12.5 Å². The lowest BCUT2D eigenvalue weighted by Gasteiger charge is -2.35. The fourth-order valence-corrected chi connectivity index (χ4v) is 2.64. The van der Waals surface area contributed by atoms with Gasteiger partial charge in [-0.2, -0.15) is 0 Å². The Morgan fingerprint density at radius 3 is 3.06 bits per heavy atom. The Labute approximate surface area is 103 Å². The van der Waals surface area contributed by atoms with Crippen molar-refractivity contribution in [2.24, 2.45) is 0 Å². The molecule has 0 amide bonds. The monoisotopic (exact) mass is 234 g/mol. The van der Waals surface area contributed by atoms with Crippen molar-refractivity contribution in [1.82, 2.24) is 9.88 Å². The van der Waals surface area contributed by atoms with Crippen LogP contribution in [0.2, 0.25) is 0 Å². The van der Waals surface area contributed by atoms with Crippen LogP contribution in [0.4, 0.5) is 0 Å². The molecule has 1 atom stereocenters. The molecule has 0 bridgehead atoms. The molecule has 94 valence electrons. The van der Waals surface area contributed by atoms with Gasteiger partial charge in [0.05, 0.1) is 5.69 Å². The summed E-state index contributed by atoms with van der Waals surface area (Å²) in [4.78, 5) is 7.03. The largest absolute Gasteiger partial charge is 0.396 e. The molecule has 1 aromatic heterocycles. The Bertz CT molecular complexity index is 352. The van der Waals surface area contributed by atoms with Gasteiger partial charge in [0.1, 0.15) is 0 Å². The van der Waals surface area contributed by atoms with E-state index in [2.05, 4.69) is 22.0 Å². The van der Waals surface area contributed by atoms with Gasteiger partial charge in [0.2, 0.25) is 0 Å².